The summed E-state index contributed by atoms with van der Waals surface area (Å²) in [4.78, 5) is 42.1. The molecule has 178 valence electrons. The minimum Gasteiger partial charge on any atom is -0.481 e. The van der Waals surface area contributed by atoms with Gasteiger partial charge in [-0.1, -0.05) is 48.5 Å². The maximum absolute atomic E-state index is 12.8. The Kier molecular flexibility index (Phi) is 6.18. The van der Waals surface area contributed by atoms with Crippen molar-refractivity contribution in [2.24, 2.45) is 0 Å². The van der Waals surface area contributed by atoms with E-state index in [2.05, 4.69) is 34.6 Å². The Hall–Kier alpha value is -4.20. The number of likely N-dealkylation sites (tertiary alicyclic amines) is 1. The number of nitrogens with zero attached hydrogens (tertiary/aromatic N) is 2. The van der Waals surface area contributed by atoms with Gasteiger partial charge in [-0.2, -0.15) is 0 Å². The average molecular weight is 472 g/mol. The quantitative estimate of drug-likeness (QED) is 0.547. The largest absolute Gasteiger partial charge is 0.481 e. The third-order valence-electron chi connectivity index (χ3n) is 6.62. The molecular weight excluding hydrogens is 446 g/mol. The van der Waals surface area contributed by atoms with Crippen LogP contribution in [0.3, 0.4) is 0 Å². The van der Waals surface area contributed by atoms with Crippen molar-refractivity contribution < 1.29 is 24.2 Å². The molecule has 1 fully saturated rings. The van der Waals surface area contributed by atoms with Crippen molar-refractivity contribution in [2.75, 3.05) is 18.5 Å². The van der Waals surface area contributed by atoms with Crippen LogP contribution in [0, 0.1) is 0 Å². The van der Waals surface area contributed by atoms with Crippen molar-refractivity contribution in [1.29, 1.82) is 0 Å². The van der Waals surface area contributed by atoms with Gasteiger partial charge in [0.05, 0.1) is 18.3 Å². The van der Waals surface area contributed by atoms with Gasteiger partial charge in [0.2, 0.25) is 0 Å². The molecule has 2 aliphatic rings. The van der Waals surface area contributed by atoms with E-state index in [4.69, 9.17) is 9.84 Å². The Bertz CT molecular complexity index is 1230. The van der Waals surface area contributed by atoms with Crippen molar-refractivity contribution in [3.05, 3.63) is 83.7 Å². The lowest BCUT2D eigenvalue weighted by Crippen LogP contribution is -2.37. The number of hydrogen-bond donors (Lipinski definition) is 2. The molecule has 5 rings (SSSR count). The van der Waals surface area contributed by atoms with E-state index in [9.17, 15) is 14.4 Å². The van der Waals surface area contributed by atoms with Crippen molar-refractivity contribution >= 4 is 23.7 Å². The minimum atomic E-state index is -0.926. The molecule has 35 heavy (non-hydrogen) atoms. The fourth-order valence-electron chi connectivity index (χ4n) is 5.01. The highest BCUT2D eigenvalue weighted by Gasteiger charge is 2.32. The van der Waals surface area contributed by atoms with Gasteiger partial charge in [0.15, 0.2) is 0 Å². The summed E-state index contributed by atoms with van der Waals surface area (Å²) < 4.78 is 5.55. The van der Waals surface area contributed by atoms with Crippen LogP contribution in [-0.2, 0) is 9.53 Å². The molecule has 8 heteroatoms. The molecule has 1 aliphatic heterocycles. The van der Waals surface area contributed by atoms with Gasteiger partial charge in [-0.15, -0.1) is 0 Å². The van der Waals surface area contributed by atoms with Crippen LogP contribution in [0.5, 0.6) is 0 Å². The number of amides is 2. The standard InChI is InChI=1S/C27H25N3O5/c31-25(32)14-18-6-5-13-30(18)26(33)24-12-11-17(15-28-24)29-27(34)35-16-23-21-9-3-1-7-19(21)20-8-2-4-10-22(20)23/h1-4,7-12,15,18,23H,5-6,13-14,16H2,(H,29,34)(H,31,32)/t18-/m1/s1. The lowest BCUT2D eigenvalue weighted by molar-refractivity contribution is -0.137. The highest BCUT2D eigenvalue weighted by molar-refractivity contribution is 5.93. The number of rotatable bonds is 6. The summed E-state index contributed by atoms with van der Waals surface area (Å²) in [6.45, 7) is 0.710. The Balaban J connectivity index is 1.20. The SMILES string of the molecule is O=C(O)C[C@H]1CCCN1C(=O)c1ccc(NC(=O)OCC2c3ccccc3-c3ccccc32)cn1. The normalized spacial score (nSPS) is 16.5. The van der Waals surface area contributed by atoms with Gasteiger partial charge in [-0.3, -0.25) is 14.9 Å². The van der Waals surface area contributed by atoms with E-state index < -0.39 is 12.1 Å². The number of carbonyl (C=O) groups is 3. The van der Waals surface area contributed by atoms with Gasteiger partial charge in [-0.05, 0) is 47.2 Å². The molecule has 8 nitrogen and oxygen atoms in total. The van der Waals surface area contributed by atoms with E-state index in [1.807, 2.05) is 24.3 Å². The summed E-state index contributed by atoms with van der Waals surface area (Å²) in [6, 6.07) is 19.0. The second-order valence-corrected chi connectivity index (χ2v) is 8.78. The zero-order valence-electron chi connectivity index (χ0n) is 19.0. The molecule has 0 saturated carbocycles. The molecule has 1 atom stereocenters. The molecule has 2 heterocycles. The number of hydrogen-bond acceptors (Lipinski definition) is 5. The molecule has 0 unspecified atom stereocenters. The van der Waals surface area contributed by atoms with Crippen LogP contribution in [0.25, 0.3) is 11.1 Å². The second-order valence-electron chi connectivity index (χ2n) is 8.78. The molecule has 2 aromatic carbocycles. The molecule has 1 aliphatic carbocycles. The first kappa shape index (κ1) is 22.6. The number of aliphatic carboxylic acids is 1. The van der Waals surface area contributed by atoms with Crippen molar-refractivity contribution in [2.45, 2.75) is 31.2 Å². The van der Waals surface area contributed by atoms with E-state index in [1.54, 1.807) is 11.0 Å². The number of anilines is 1. The maximum Gasteiger partial charge on any atom is 0.411 e. The first-order valence-corrected chi connectivity index (χ1v) is 11.6. The lowest BCUT2D eigenvalue weighted by Gasteiger charge is -2.23. The van der Waals surface area contributed by atoms with Crippen molar-refractivity contribution in [3.8, 4) is 11.1 Å². The summed E-state index contributed by atoms with van der Waals surface area (Å²) >= 11 is 0. The second kappa shape index (κ2) is 9.58. The van der Waals surface area contributed by atoms with Gasteiger partial charge in [0, 0.05) is 18.5 Å². The number of nitrogens with one attached hydrogen (secondary N) is 1. The van der Waals surface area contributed by atoms with E-state index in [0.29, 0.717) is 18.7 Å². The highest BCUT2D eigenvalue weighted by Crippen LogP contribution is 2.44. The highest BCUT2D eigenvalue weighted by atomic mass is 16.5. The summed E-state index contributed by atoms with van der Waals surface area (Å²) in [5, 5.41) is 11.7. The Morgan fingerprint density at radius 1 is 1.00 bits per heavy atom. The molecule has 1 saturated heterocycles. The van der Waals surface area contributed by atoms with Crippen LogP contribution in [0.1, 0.15) is 46.8 Å². The fourth-order valence-corrected chi connectivity index (χ4v) is 5.01. The van der Waals surface area contributed by atoms with Gasteiger partial charge in [0.1, 0.15) is 12.3 Å². The molecule has 3 aromatic rings. The van der Waals surface area contributed by atoms with Gasteiger partial charge >= 0.3 is 12.1 Å². The maximum atomic E-state index is 12.8. The number of benzene rings is 2. The molecule has 0 bridgehead atoms. The van der Waals surface area contributed by atoms with Crippen LogP contribution < -0.4 is 5.32 Å². The number of ether oxygens (including phenoxy) is 1. The predicted octanol–water partition coefficient (Wildman–Crippen LogP) is 4.52. The molecular formula is C27H25N3O5. The van der Waals surface area contributed by atoms with Gasteiger partial charge in [0.25, 0.3) is 5.91 Å². The van der Waals surface area contributed by atoms with Crippen LogP contribution in [0.4, 0.5) is 10.5 Å². The van der Waals surface area contributed by atoms with Gasteiger partial charge in [-0.25, -0.2) is 9.78 Å². The monoisotopic (exact) mass is 471 g/mol. The van der Waals surface area contributed by atoms with Crippen LogP contribution >= 0.6 is 0 Å². The number of pyridine rings is 1. The van der Waals surface area contributed by atoms with Gasteiger partial charge < -0.3 is 14.7 Å². The predicted molar refractivity (Wildman–Crippen MR) is 129 cm³/mol. The van der Waals surface area contributed by atoms with Crippen LogP contribution in [0.2, 0.25) is 0 Å². The third kappa shape index (κ3) is 4.59. The van der Waals surface area contributed by atoms with Crippen molar-refractivity contribution in [3.63, 3.8) is 0 Å². The third-order valence-corrected chi connectivity index (χ3v) is 6.62. The zero-order valence-corrected chi connectivity index (χ0v) is 19.0. The van der Waals surface area contributed by atoms with Crippen molar-refractivity contribution in [1.82, 2.24) is 9.88 Å². The first-order valence-electron chi connectivity index (χ1n) is 11.6. The number of carboxylic acid groups (broad SMARTS) is 1. The van der Waals surface area contributed by atoms with E-state index >= 15 is 0 Å². The number of fused-ring (bicyclic) bond motifs is 3. The topological polar surface area (TPSA) is 109 Å². The summed E-state index contributed by atoms with van der Waals surface area (Å²) in [5.41, 5.74) is 5.20. The first-order chi connectivity index (χ1) is 17.0. The number of carbonyl (C=O) groups excluding carboxylic acids is 2. The zero-order chi connectivity index (χ0) is 24.4. The van der Waals surface area contributed by atoms with E-state index in [1.165, 1.54) is 12.3 Å². The van der Waals surface area contributed by atoms with E-state index in [-0.39, 0.29) is 36.6 Å². The molecule has 0 radical (unpaired) electrons. The Labute approximate surface area is 202 Å². The molecule has 1 aromatic heterocycles. The summed E-state index contributed by atoms with van der Waals surface area (Å²) in [5.74, 6) is -1.27. The number of carboxylic acids is 1. The molecule has 2 N–H and O–H groups in total. The number of aromatic nitrogens is 1. The average Bonchev–Trinajstić information content (AvgIpc) is 3.45. The lowest BCUT2D eigenvalue weighted by atomic mass is 9.98. The smallest absolute Gasteiger partial charge is 0.411 e. The Morgan fingerprint density at radius 3 is 2.31 bits per heavy atom. The van der Waals surface area contributed by atoms with Crippen LogP contribution in [-0.4, -0.2) is 52.2 Å². The molecule has 0 spiro atoms. The summed E-state index contributed by atoms with van der Waals surface area (Å²) in [7, 11) is 0. The minimum absolute atomic E-state index is 0.0366. The van der Waals surface area contributed by atoms with Crippen LogP contribution in [0.15, 0.2) is 66.9 Å². The Morgan fingerprint density at radius 2 is 1.69 bits per heavy atom. The molecule has 2 amide bonds. The summed E-state index contributed by atoms with van der Waals surface area (Å²) in [6.07, 6.45) is 2.16. The van der Waals surface area contributed by atoms with E-state index in [0.717, 1.165) is 28.7 Å². The fraction of sp³-hybridized carbons (Fsp3) is 0.259.